The van der Waals surface area contributed by atoms with Crippen LogP contribution < -0.4 is 10.6 Å². The quantitative estimate of drug-likeness (QED) is 0.504. The second-order valence-electron chi connectivity index (χ2n) is 7.51. The molecule has 2 aromatic rings. The van der Waals surface area contributed by atoms with Crippen LogP contribution in [0.1, 0.15) is 38.7 Å². The topological polar surface area (TPSA) is 111 Å². The van der Waals surface area contributed by atoms with Crippen molar-refractivity contribution < 1.29 is 28.7 Å². The van der Waals surface area contributed by atoms with Gasteiger partial charge in [-0.05, 0) is 42.2 Å². The molecule has 176 valence electrons. The van der Waals surface area contributed by atoms with E-state index < -0.39 is 18.0 Å². The summed E-state index contributed by atoms with van der Waals surface area (Å²) >= 11 is 0. The van der Waals surface area contributed by atoms with Crippen molar-refractivity contribution in [2.75, 3.05) is 19.0 Å². The average Bonchev–Trinajstić information content (AvgIpc) is 2.77. The molecule has 0 aromatic heterocycles. The van der Waals surface area contributed by atoms with Crippen LogP contribution in [-0.4, -0.2) is 43.5 Å². The minimum Gasteiger partial charge on any atom is -0.469 e. The second-order valence-corrected chi connectivity index (χ2v) is 7.51. The van der Waals surface area contributed by atoms with Crippen molar-refractivity contribution in [2.45, 2.75) is 45.6 Å². The highest BCUT2D eigenvalue weighted by Crippen LogP contribution is 2.23. The van der Waals surface area contributed by atoms with Crippen LogP contribution in [0.5, 0.6) is 0 Å². The van der Waals surface area contributed by atoms with Crippen LogP contribution in [0.25, 0.3) is 11.1 Å². The van der Waals surface area contributed by atoms with Gasteiger partial charge in [0.25, 0.3) is 0 Å². The van der Waals surface area contributed by atoms with E-state index >= 15 is 0 Å². The second kappa shape index (κ2) is 13.0. The standard InChI is InChI=1S/C25H30N2O6/c1-4-33-25(31)16-22(27-23(29)12-13-24(30)32-3)14-18-8-10-19(11-9-18)20-6-5-7-21(15-20)26-17(2)28/h5-11,15,22H,4,12-14,16H2,1-3H3,(H,26,28)(H,27,29). The van der Waals surface area contributed by atoms with Crippen molar-refractivity contribution in [3.8, 4) is 11.1 Å². The normalized spacial score (nSPS) is 11.2. The highest BCUT2D eigenvalue weighted by Gasteiger charge is 2.19. The summed E-state index contributed by atoms with van der Waals surface area (Å²) in [6, 6.07) is 14.8. The maximum absolute atomic E-state index is 12.2. The highest BCUT2D eigenvalue weighted by molar-refractivity contribution is 5.89. The lowest BCUT2D eigenvalue weighted by atomic mass is 9.99. The predicted molar refractivity (Wildman–Crippen MR) is 124 cm³/mol. The van der Waals surface area contributed by atoms with Gasteiger partial charge in [-0.25, -0.2) is 0 Å². The van der Waals surface area contributed by atoms with E-state index in [1.165, 1.54) is 14.0 Å². The molecule has 0 bridgehead atoms. The minimum atomic E-state index is -0.469. The highest BCUT2D eigenvalue weighted by atomic mass is 16.5. The molecule has 2 amide bonds. The molecular weight excluding hydrogens is 424 g/mol. The van der Waals surface area contributed by atoms with Crippen LogP contribution in [-0.2, 0) is 35.1 Å². The van der Waals surface area contributed by atoms with Gasteiger partial charge in [-0.2, -0.15) is 0 Å². The van der Waals surface area contributed by atoms with Crippen molar-refractivity contribution in [3.63, 3.8) is 0 Å². The SMILES string of the molecule is CCOC(=O)CC(Cc1ccc(-c2cccc(NC(C)=O)c2)cc1)NC(=O)CCC(=O)OC. The summed E-state index contributed by atoms with van der Waals surface area (Å²) in [6.45, 7) is 3.44. The molecule has 0 saturated carbocycles. The van der Waals surface area contributed by atoms with Crippen molar-refractivity contribution in [2.24, 2.45) is 0 Å². The molecule has 0 fully saturated rings. The monoisotopic (exact) mass is 454 g/mol. The number of hydrogen-bond donors (Lipinski definition) is 2. The average molecular weight is 455 g/mol. The summed E-state index contributed by atoms with van der Waals surface area (Å²) in [6.07, 6.45) is 0.406. The van der Waals surface area contributed by atoms with Gasteiger partial charge in [-0.3, -0.25) is 19.2 Å². The summed E-state index contributed by atoms with van der Waals surface area (Å²) in [7, 11) is 1.27. The van der Waals surface area contributed by atoms with Gasteiger partial charge >= 0.3 is 11.9 Å². The van der Waals surface area contributed by atoms with Crippen LogP contribution in [0.4, 0.5) is 5.69 Å². The Bertz CT molecular complexity index is 971. The van der Waals surface area contributed by atoms with Gasteiger partial charge in [0.15, 0.2) is 0 Å². The molecule has 0 spiro atoms. The summed E-state index contributed by atoms with van der Waals surface area (Å²) in [5.74, 6) is -1.34. The van der Waals surface area contributed by atoms with Crippen molar-refractivity contribution in [3.05, 3.63) is 54.1 Å². The van der Waals surface area contributed by atoms with E-state index in [4.69, 9.17) is 4.74 Å². The van der Waals surface area contributed by atoms with E-state index in [0.29, 0.717) is 12.1 Å². The molecule has 1 atom stereocenters. The molecule has 2 aromatic carbocycles. The van der Waals surface area contributed by atoms with Crippen molar-refractivity contribution >= 4 is 29.4 Å². The summed E-state index contributed by atoms with van der Waals surface area (Å²) in [4.78, 5) is 46.8. The third kappa shape index (κ3) is 9.14. The summed E-state index contributed by atoms with van der Waals surface area (Å²) in [5, 5.41) is 5.59. The number of amides is 2. The summed E-state index contributed by atoms with van der Waals surface area (Å²) in [5.41, 5.74) is 3.56. The first-order valence-electron chi connectivity index (χ1n) is 10.8. The Kier molecular flexibility index (Phi) is 10.1. The molecule has 0 aliphatic rings. The number of carbonyl (C=O) groups is 4. The number of hydrogen-bond acceptors (Lipinski definition) is 6. The van der Waals surface area contributed by atoms with Gasteiger partial charge < -0.3 is 20.1 Å². The van der Waals surface area contributed by atoms with E-state index in [9.17, 15) is 19.2 Å². The van der Waals surface area contributed by atoms with E-state index in [0.717, 1.165) is 16.7 Å². The van der Waals surface area contributed by atoms with E-state index in [-0.39, 0.29) is 37.7 Å². The van der Waals surface area contributed by atoms with Crippen molar-refractivity contribution in [1.29, 1.82) is 0 Å². The lowest BCUT2D eigenvalue weighted by Gasteiger charge is -2.18. The molecule has 33 heavy (non-hydrogen) atoms. The van der Waals surface area contributed by atoms with Crippen LogP contribution >= 0.6 is 0 Å². The third-order valence-corrected chi connectivity index (χ3v) is 4.82. The Hall–Kier alpha value is -3.68. The molecule has 2 N–H and O–H groups in total. The Morgan fingerprint density at radius 1 is 0.939 bits per heavy atom. The number of rotatable bonds is 11. The van der Waals surface area contributed by atoms with E-state index in [2.05, 4.69) is 15.4 Å². The number of ether oxygens (including phenoxy) is 2. The lowest BCUT2D eigenvalue weighted by Crippen LogP contribution is -2.38. The fraction of sp³-hybridized carbons (Fsp3) is 0.360. The molecule has 0 heterocycles. The minimum absolute atomic E-state index is 0.0183. The van der Waals surface area contributed by atoms with Crippen LogP contribution in [0.3, 0.4) is 0 Å². The zero-order valence-corrected chi connectivity index (χ0v) is 19.2. The van der Waals surface area contributed by atoms with Gasteiger partial charge in [-0.15, -0.1) is 0 Å². The molecule has 1 unspecified atom stereocenters. The Balaban J connectivity index is 2.08. The number of anilines is 1. The van der Waals surface area contributed by atoms with E-state index in [1.807, 2.05) is 48.5 Å². The van der Waals surface area contributed by atoms with Crippen LogP contribution in [0.2, 0.25) is 0 Å². The molecule has 2 rings (SSSR count). The van der Waals surface area contributed by atoms with Gasteiger partial charge in [0.05, 0.1) is 26.6 Å². The van der Waals surface area contributed by atoms with Gasteiger partial charge in [-0.1, -0.05) is 36.4 Å². The number of nitrogens with one attached hydrogen (secondary N) is 2. The first kappa shape index (κ1) is 25.6. The molecule has 0 saturated heterocycles. The Morgan fingerprint density at radius 3 is 2.30 bits per heavy atom. The lowest BCUT2D eigenvalue weighted by molar-refractivity contribution is -0.144. The van der Waals surface area contributed by atoms with Crippen LogP contribution in [0, 0.1) is 0 Å². The maximum Gasteiger partial charge on any atom is 0.307 e. The maximum atomic E-state index is 12.2. The third-order valence-electron chi connectivity index (χ3n) is 4.82. The largest absolute Gasteiger partial charge is 0.469 e. The van der Waals surface area contributed by atoms with Crippen LogP contribution in [0.15, 0.2) is 48.5 Å². The first-order chi connectivity index (χ1) is 15.8. The Morgan fingerprint density at radius 2 is 1.67 bits per heavy atom. The first-order valence-corrected chi connectivity index (χ1v) is 10.8. The molecule has 8 heteroatoms. The van der Waals surface area contributed by atoms with Gasteiger partial charge in [0, 0.05) is 25.1 Å². The molecule has 0 aliphatic heterocycles. The summed E-state index contributed by atoms with van der Waals surface area (Å²) < 4.78 is 9.59. The zero-order valence-electron chi connectivity index (χ0n) is 19.2. The zero-order chi connectivity index (χ0) is 24.2. The van der Waals surface area contributed by atoms with E-state index in [1.54, 1.807) is 6.92 Å². The number of benzene rings is 2. The van der Waals surface area contributed by atoms with Gasteiger partial charge in [0.1, 0.15) is 0 Å². The number of methoxy groups -OCH3 is 1. The fourth-order valence-electron chi connectivity index (χ4n) is 3.31. The molecule has 0 radical (unpaired) electrons. The molecule has 8 nitrogen and oxygen atoms in total. The smallest absolute Gasteiger partial charge is 0.307 e. The Labute approximate surface area is 193 Å². The fourth-order valence-corrected chi connectivity index (χ4v) is 3.31. The molecule has 0 aliphatic carbocycles. The number of carbonyl (C=O) groups excluding carboxylic acids is 4. The van der Waals surface area contributed by atoms with Crippen molar-refractivity contribution in [1.82, 2.24) is 5.32 Å². The molecular formula is C25H30N2O6. The number of esters is 2. The van der Waals surface area contributed by atoms with Gasteiger partial charge in [0.2, 0.25) is 11.8 Å². The predicted octanol–water partition coefficient (Wildman–Crippen LogP) is 3.25.